The quantitative estimate of drug-likeness (QED) is 0.0835. The number of hydrazone groups is 1. The number of carbonyl (C=O) groups excluding carboxylic acids is 1. The molecule has 0 fully saturated rings. The van der Waals surface area contributed by atoms with Crippen LogP contribution in [-0.2, 0) is 14.3 Å². The van der Waals surface area contributed by atoms with Gasteiger partial charge in [-0.05, 0) is 67.6 Å². The molecule has 0 saturated heterocycles. The van der Waals surface area contributed by atoms with E-state index in [1.54, 1.807) is 88.9 Å². The number of nitrogens with two attached hydrogens (primary N) is 1. The first-order valence-electron chi connectivity index (χ1n) is 12.5. The monoisotopic (exact) mass is 691 g/mol. The van der Waals surface area contributed by atoms with Crippen molar-refractivity contribution in [2.75, 3.05) is 39.1 Å². The van der Waals surface area contributed by atoms with Crippen LogP contribution in [0.1, 0.15) is 13.8 Å². The minimum absolute atomic E-state index is 0. The van der Waals surface area contributed by atoms with E-state index in [2.05, 4.69) is 20.2 Å². The van der Waals surface area contributed by atoms with Crippen molar-refractivity contribution in [3.63, 3.8) is 0 Å². The third-order valence-electron chi connectivity index (χ3n) is 4.12. The number of diazo groups is 1. The van der Waals surface area contributed by atoms with Gasteiger partial charge in [-0.15, -0.1) is 12.4 Å². The molecule has 0 amide bonds. The van der Waals surface area contributed by atoms with Crippen LogP contribution in [-0.4, -0.2) is 93.8 Å². The topological polar surface area (TPSA) is 170 Å². The van der Waals surface area contributed by atoms with Crippen molar-refractivity contribution in [3.05, 3.63) is 77.8 Å². The van der Waals surface area contributed by atoms with Crippen molar-refractivity contribution < 1.29 is 46.1 Å². The molecule has 4 N–H and O–H groups in total. The minimum atomic E-state index is -0.833. The van der Waals surface area contributed by atoms with Gasteiger partial charge in [-0.1, -0.05) is 11.6 Å². The Morgan fingerprint density at radius 1 is 0.909 bits per heavy atom. The second kappa shape index (κ2) is 32.0. The number of ether oxygens (including phenoxy) is 4. The summed E-state index contributed by atoms with van der Waals surface area (Å²) in [6.07, 6.45) is 0. The van der Waals surface area contributed by atoms with Gasteiger partial charge in [0.15, 0.2) is 4.98 Å². The van der Waals surface area contributed by atoms with Gasteiger partial charge in [-0.3, -0.25) is 10.2 Å². The van der Waals surface area contributed by atoms with Crippen molar-refractivity contribution in [3.8, 4) is 17.2 Å². The average molecular weight is 693 g/mol. The Balaban J connectivity index is -0.000000256. The maximum absolute atomic E-state index is 11.1. The summed E-state index contributed by atoms with van der Waals surface area (Å²) in [7, 11) is 4.80. The molecule has 0 aromatic heterocycles. The molecular weight excluding hydrogens is 659 g/mol. The third kappa shape index (κ3) is 26.0. The SMILES string of the molecule is CC(=O)O.CCOC(=O)/C(Cl)=N/Nc1ccc(OC)cc1.COc1ccc(N)cc1.COc1ccc([N+]#N)cc1.Cl.[Cl-].[Na][Na]. The first-order valence-corrected chi connectivity index (χ1v) is 20.9. The first kappa shape index (κ1) is 48.5. The number of halogens is 3. The number of carboxylic acid groups (broad SMARTS) is 1. The molecule has 0 heterocycles. The number of anilines is 2. The molecular formula is C27H34Cl3N5Na2O7. The van der Waals surface area contributed by atoms with Crippen molar-refractivity contribution >= 4 is 102 Å². The summed E-state index contributed by atoms with van der Waals surface area (Å²) in [5.41, 5.74) is 10.0. The normalized spacial score (nSPS) is 8.70. The molecule has 0 unspecified atom stereocenters. The van der Waals surface area contributed by atoms with Gasteiger partial charge < -0.3 is 42.2 Å². The number of methoxy groups -OCH3 is 3. The molecule has 3 rings (SSSR count). The van der Waals surface area contributed by atoms with Gasteiger partial charge in [0, 0.05) is 24.7 Å². The number of hydrogen-bond acceptors (Lipinski definition) is 10. The van der Waals surface area contributed by atoms with Crippen LogP contribution in [0.25, 0.3) is 4.98 Å². The van der Waals surface area contributed by atoms with Crippen LogP contribution in [0.2, 0.25) is 0 Å². The number of aliphatic carboxylic acids is 1. The zero-order valence-corrected chi connectivity index (χ0v) is 31.9. The van der Waals surface area contributed by atoms with Crippen molar-refractivity contribution in [2.24, 2.45) is 5.10 Å². The number of carboxylic acids is 1. The summed E-state index contributed by atoms with van der Waals surface area (Å²) < 4.78 is 19.5. The number of hydrogen-bond donors (Lipinski definition) is 3. The number of rotatable bonds is 7. The Hall–Kier alpha value is -2.44. The van der Waals surface area contributed by atoms with E-state index in [0.29, 0.717) is 11.4 Å². The summed E-state index contributed by atoms with van der Waals surface area (Å²) in [5.74, 6) is 0.836. The molecule has 0 radical (unpaired) electrons. The summed E-state index contributed by atoms with van der Waals surface area (Å²) in [5, 5.41) is 19.1. The second-order valence-corrected chi connectivity index (χ2v) is 7.41. The van der Waals surface area contributed by atoms with E-state index in [4.69, 9.17) is 46.8 Å². The van der Waals surface area contributed by atoms with Crippen molar-refractivity contribution in [1.82, 2.24) is 0 Å². The van der Waals surface area contributed by atoms with Gasteiger partial charge >= 0.3 is 55.3 Å². The number of carbonyl (C=O) groups is 2. The fourth-order valence-electron chi connectivity index (χ4n) is 2.27. The summed E-state index contributed by atoms with van der Waals surface area (Å²) in [6, 6.07) is 21.1. The van der Waals surface area contributed by atoms with E-state index >= 15 is 0 Å². The van der Waals surface area contributed by atoms with E-state index in [-0.39, 0.29) is 36.6 Å². The molecule has 0 spiro atoms. The standard InChI is InChI=1S/C11H13ClN2O3.C7H7N2O.C7H9NO.C2H4O2.2ClH.2Na/c1-3-17-11(15)10(12)14-13-8-4-6-9(16-2)7-5-8;1-10-7-4-2-6(9-8)3-5-7;1-9-7-4-2-6(8)3-5-7;1-2(3)4;;;;/h4-7,13H,3H2,1-2H3;2-5H,1H3;2-5H,8H2,1H3;1H3,(H,3,4);2*1H;;/q;+1;;;;;;/p-1/b14-10-;;;;;;;. The summed E-state index contributed by atoms with van der Waals surface area (Å²) in [4.78, 5) is 23.1. The molecule has 0 bridgehead atoms. The third-order valence-corrected chi connectivity index (χ3v) is 4.36. The zero-order chi connectivity index (χ0) is 32.3. The van der Waals surface area contributed by atoms with Crippen LogP contribution in [0.15, 0.2) is 77.9 Å². The Bertz CT molecular complexity index is 1230. The first-order chi connectivity index (χ1) is 20.1. The van der Waals surface area contributed by atoms with Crippen LogP contribution in [0.4, 0.5) is 17.1 Å². The van der Waals surface area contributed by atoms with E-state index in [1.165, 1.54) is 43.6 Å². The number of esters is 1. The Kier molecular flexibility index (Phi) is 35.2. The van der Waals surface area contributed by atoms with Crippen LogP contribution in [0.3, 0.4) is 0 Å². The van der Waals surface area contributed by atoms with Crippen molar-refractivity contribution in [2.45, 2.75) is 13.8 Å². The fraction of sp³-hybridized carbons (Fsp3) is 0.222. The number of nitrogen functional groups attached to an aromatic ring is 1. The molecule has 3 aromatic carbocycles. The molecule has 12 nitrogen and oxygen atoms in total. The number of nitrogens with one attached hydrogen (secondary N) is 1. The van der Waals surface area contributed by atoms with Crippen molar-refractivity contribution in [1.29, 1.82) is 5.39 Å². The van der Waals surface area contributed by atoms with Gasteiger partial charge in [-0.25, -0.2) is 4.79 Å². The molecule has 0 aliphatic carbocycles. The zero-order valence-electron chi connectivity index (χ0n) is 25.6. The van der Waals surface area contributed by atoms with E-state index < -0.39 is 11.9 Å². The van der Waals surface area contributed by atoms with Crippen LogP contribution in [0.5, 0.6) is 17.2 Å². The van der Waals surface area contributed by atoms with Gasteiger partial charge in [0.1, 0.15) is 17.2 Å². The number of nitrogens with zero attached hydrogens (tertiary/aromatic N) is 3. The van der Waals surface area contributed by atoms with Gasteiger partial charge in [0.25, 0.3) is 5.97 Å². The van der Waals surface area contributed by atoms with E-state index in [9.17, 15) is 4.79 Å². The second-order valence-electron chi connectivity index (χ2n) is 7.05. The molecule has 3 aromatic rings. The van der Waals surface area contributed by atoms with Gasteiger partial charge in [-0.2, -0.15) is 5.10 Å². The fourth-order valence-corrected chi connectivity index (χ4v) is 2.37. The van der Waals surface area contributed by atoms with Crippen LogP contribution >= 0.6 is 24.0 Å². The van der Waals surface area contributed by atoms with Gasteiger partial charge in [0.2, 0.25) is 10.6 Å². The molecule has 17 heteroatoms. The summed E-state index contributed by atoms with van der Waals surface area (Å²) in [6.45, 7) is 3.03. The van der Waals surface area contributed by atoms with Gasteiger partial charge in [0.05, 0.1) is 33.6 Å². The number of benzene rings is 3. The Morgan fingerprint density at radius 2 is 1.27 bits per heavy atom. The van der Waals surface area contributed by atoms with Crippen LogP contribution < -0.4 is 37.8 Å². The molecule has 0 aliphatic rings. The Morgan fingerprint density at radius 3 is 1.61 bits per heavy atom. The molecule has 0 saturated carbocycles. The average Bonchev–Trinajstić information content (AvgIpc) is 3.02. The maximum atomic E-state index is 11.1. The summed E-state index contributed by atoms with van der Waals surface area (Å²) >= 11 is 8.50. The predicted octanol–water partition coefficient (Wildman–Crippen LogP) is 2.43. The predicted molar refractivity (Wildman–Crippen MR) is 174 cm³/mol. The molecule has 0 atom stereocenters. The molecule has 0 aliphatic heterocycles. The molecule has 44 heavy (non-hydrogen) atoms. The molecule has 232 valence electrons. The van der Waals surface area contributed by atoms with E-state index in [1.807, 2.05) is 12.1 Å². The Labute approximate surface area is 303 Å². The van der Waals surface area contributed by atoms with Crippen LogP contribution in [0, 0.1) is 5.39 Å². The van der Waals surface area contributed by atoms with E-state index in [0.717, 1.165) is 29.9 Å².